The number of nitrogens with one attached hydrogen (secondary N) is 1. The molecule has 1 nitrogen and oxygen atoms in total. The summed E-state index contributed by atoms with van der Waals surface area (Å²) < 4.78 is 0. The Balaban J connectivity index is 4.43. The largest absolute Gasteiger partial charge is 0.314 e. The van der Waals surface area contributed by atoms with Crippen LogP contribution in [-0.4, -0.2) is 12.6 Å². The van der Waals surface area contributed by atoms with Crippen LogP contribution in [0, 0.1) is 16.7 Å². The van der Waals surface area contributed by atoms with Crippen molar-refractivity contribution in [3.05, 3.63) is 0 Å². The van der Waals surface area contributed by atoms with E-state index in [-0.39, 0.29) is 0 Å². The maximum atomic E-state index is 3.63. The highest BCUT2D eigenvalue weighted by Gasteiger charge is 2.29. The summed E-state index contributed by atoms with van der Waals surface area (Å²) in [5.41, 5.74) is 0.772. The molecule has 0 spiro atoms. The fraction of sp³-hybridized carbons (Fsp3) is 1.00. The molecule has 2 unspecified atom stereocenters. The van der Waals surface area contributed by atoms with Crippen LogP contribution in [0.1, 0.15) is 61.8 Å². The van der Waals surface area contributed by atoms with Crippen molar-refractivity contribution in [2.45, 2.75) is 67.9 Å². The first-order chi connectivity index (χ1) is 6.59. The minimum absolute atomic E-state index is 0.357. The van der Waals surface area contributed by atoms with E-state index in [2.05, 4.69) is 60.7 Å². The Bertz CT molecular complexity index is 171. The maximum absolute atomic E-state index is 3.63. The van der Waals surface area contributed by atoms with Crippen molar-refractivity contribution in [1.29, 1.82) is 0 Å². The maximum Gasteiger partial charge on any atom is 0.0118 e. The third kappa shape index (κ3) is 5.55. The van der Waals surface area contributed by atoms with E-state index in [0.717, 1.165) is 12.5 Å². The standard InChI is InChI=1S/C14H31N/c1-9-15-12(14(6,7)8)10-11(2)13(3,4)5/h11-12,15H,9-10H2,1-8H3. The van der Waals surface area contributed by atoms with E-state index in [0.29, 0.717) is 16.9 Å². The fourth-order valence-electron chi connectivity index (χ4n) is 1.70. The summed E-state index contributed by atoms with van der Waals surface area (Å²) in [7, 11) is 0. The first-order valence-corrected chi connectivity index (χ1v) is 6.32. The molecule has 1 heteroatoms. The molecule has 0 radical (unpaired) electrons. The Labute approximate surface area is 97.0 Å². The highest BCUT2D eigenvalue weighted by Crippen LogP contribution is 2.33. The first kappa shape index (κ1) is 15.0. The summed E-state index contributed by atoms with van der Waals surface area (Å²) in [6, 6.07) is 0.622. The summed E-state index contributed by atoms with van der Waals surface area (Å²) in [5.74, 6) is 0.751. The predicted molar refractivity (Wildman–Crippen MR) is 70.2 cm³/mol. The second kappa shape index (κ2) is 5.34. The molecule has 92 valence electrons. The Morgan fingerprint density at radius 3 is 1.67 bits per heavy atom. The molecule has 0 saturated carbocycles. The monoisotopic (exact) mass is 213 g/mol. The molecule has 2 atom stereocenters. The van der Waals surface area contributed by atoms with Crippen LogP contribution in [0.5, 0.6) is 0 Å². The van der Waals surface area contributed by atoms with Gasteiger partial charge in [0.05, 0.1) is 0 Å². The average molecular weight is 213 g/mol. The van der Waals surface area contributed by atoms with Gasteiger partial charge in [-0.3, -0.25) is 0 Å². The summed E-state index contributed by atoms with van der Waals surface area (Å²) in [6.45, 7) is 19.6. The van der Waals surface area contributed by atoms with Gasteiger partial charge in [-0.1, -0.05) is 55.4 Å². The minimum atomic E-state index is 0.357. The second-order valence-corrected chi connectivity index (χ2v) is 6.98. The molecule has 0 rings (SSSR count). The Hall–Kier alpha value is -0.0400. The summed E-state index contributed by atoms with van der Waals surface area (Å²) in [5, 5.41) is 3.63. The van der Waals surface area contributed by atoms with Crippen LogP contribution in [0.4, 0.5) is 0 Å². The van der Waals surface area contributed by atoms with Crippen molar-refractivity contribution in [2.75, 3.05) is 6.54 Å². The van der Waals surface area contributed by atoms with E-state index >= 15 is 0 Å². The summed E-state index contributed by atoms with van der Waals surface area (Å²) in [6.07, 6.45) is 1.26. The van der Waals surface area contributed by atoms with Gasteiger partial charge in [-0.2, -0.15) is 0 Å². The highest BCUT2D eigenvalue weighted by molar-refractivity contribution is 4.84. The highest BCUT2D eigenvalue weighted by atomic mass is 14.9. The van der Waals surface area contributed by atoms with Crippen molar-refractivity contribution in [3.63, 3.8) is 0 Å². The Morgan fingerprint density at radius 1 is 0.933 bits per heavy atom. The zero-order valence-electron chi connectivity index (χ0n) is 12.1. The molecule has 0 fully saturated rings. The van der Waals surface area contributed by atoms with Crippen LogP contribution >= 0.6 is 0 Å². The number of rotatable bonds is 4. The van der Waals surface area contributed by atoms with Gasteiger partial charge in [-0.25, -0.2) is 0 Å². The van der Waals surface area contributed by atoms with Gasteiger partial charge in [0.15, 0.2) is 0 Å². The lowest BCUT2D eigenvalue weighted by Gasteiger charge is -2.37. The average Bonchev–Trinajstić information content (AvgIpc) is 1.99. The van der Waals surface area contributed by atoms with Crippen LogP contribution < -0.4 is 5.32 Å². The van der Waals surface area contributed by atoms with Crippen LogP contribution in [0.25, 0.3) is 0 Å². The smallest absolute Gasteiger partial charge is 0.0118 e. The van der Waals surface area contributed by atoms with Gasteiger partial charge in [0.2, 0.25) is 0 Å². The van der Waals surface area contributed by atoms with Crippen LogP contribution in [0.2, 0.25) is 0 Å². The molecule has 0 bridgehead atoms. The van der Waals surface area contributed by atoms with Crippen molar-refractivity contribution < 1.29 is 0 Å². The summed E-state index contributed by atoms with van der Waals surface area (Å²) >= 11 is 0. The van der Waals surface area contributed by atoms with Crippen LogP contribution in [-0.2, 0) is 0 Å². The van der Waals surface area contributed by atoms with Gasteiger partial charge in [0.25, 0.3) is 0 Å². The molecule has 0 aromatic heterocycles. The van der Waals surface area contributed by atoms with E-state index in [9.17, 15) is 0 Å². The molecule has 0 heterocycles. The van der Waals surface area contributed by atoms with Crippen molar-refractivity contribution in [3.8, 4) is 0 Å². The quantitative estimate of drug-likeness (QED) is 0.742. The predicted octanol–water partition coefficient (Wildman–Crippen LogP) is 4.08. The van der Waals surface area contributed by atoms with Crippen LogP contribution in [0.15, 0.2) is 0 Å². The van der Waals surface area contributed by atoms with E-state index in [1.807, 2.05) is 0 Å². The third-order valence-electron chi connectivity index (χ3n) is 3.56. The molecular weight excluding hydrogens is 182 g/mol. The van der Waals surface area contributed by atoms with Gasteiger partial charge in [0, 0.05) is 6.04 Å². The van der Waals surface area contributed by atoms with Gasteiger partial charge in [-0.05, 0) is 29.7 Å². The molecule has 0 aromatic rings. The first-order valence-electron chi connectivity index (χ1n) is 6.32. The molecule has 15 heavy (non-hydrogen) atoms. The fourth-order valence-corrected chi connectivity index (χ4v) is 1.70. The zero-order chi connectivity index (χ0) is 12.3. The number of hydrogen-bond acceptors (Lipinski definition) is 1. The second-order valence-electron chi connectivity index (χ2n) is 6.98. The van der Waals surface area contributed by atoms with Gasteiger partial charge in [-0.15, -0.1) is 0 Å². The molecular formula is C14H31N. The summed E-state index contributed by atoms with van der Waals surface area (Å²) in [4.78, 5) is 0. The zero-order valence-corrected chi connectivity index (χ0v) is 12.1. The lowest BCUT2D eigenvalue weighted by molar-refractivity contribution is 0.169. The third-order valence-corrected chi connectivity index (χ3v) is 3.56. The number of hydrogen-bond donors (Lipinski definition) is 1. The van der Waals surface area contributed by atoms with Crippen molar-refractivity contribution in [1.82, 2.24) is 5.32 Å². The molecule has 0 aliphatic rings. The molecule has 1 N–H and O–H groups in total. The van der Waals surface area contributed by atoms with E-state index in [1.165, 1.54) is 6.42 Å². The molecule has 0 aliphatic heterocycles. The molecule has 0 saturated heterocycles. The lowest BCUT2D eigenvalue weighted by Crippen LogP contribution is -2.42. The SMILES string of the molecule is CCNC(CC(C)C(C)(C)C)C(C)(C)C. The van der Waals surface area contributed by atoms with E-state index in [4.69, 9.17) is 0 Å². The van der Waals surface area contributed by atoms with E-state index in [1.54, 1.807) is 0 Å². The lowest BCUT2D eigenvalue weighted by atomic mass is 9.73. The minimum Gasteiger partial charge on any atom is -0.314 e. The van der Waals surface area contributed by atoms with Crippen molar-refractivity contribution >= 4 is 0 Å². The molecule has 0 amide bonds. The molecule has 0 aliphatic carbocycles. The normalized spacial score (nSPS) is 17.6. The van der Waals surface area contributed by atoms with Crippen LogP contribution in [0.3, 0.4) is 0 Å². The molecule has 0 aromatic carbocycles. The van der Waals surface area contributed by atoms with Gasteiger partial charge < -0.3 is 5.32 Å². The van der Waals surface area contributed by atoms with Gasteiger partial charge >= 0.3 is 0 Å². The Kier molecular flexibility index (Phi) is 5.32. The van der Waals surface area contributed by atoms with Gasteiger partial charge in [0.1, 0.15) is 0 Å². The van der Waals surface area contributed by atoms with E-state index < -0.39 is 0 Å². The topological polar surface area (TPSA) is 12.0 Å². The Morgan fingerprint density at radius 2 is 1.40 bits per heavy atom. The van der Waals surface area contributed by atoms with Crippen molar-refractivity contribution in [2.24, 2.45) is 16.7 Å².